The number of piperidine rings is 1. The van der Waals surface area contributed by atoms with Crippen molar-refractivity contribution in [2.24, 2.45) is 7.05 Å². The number of likely N-dealkylation sites (tertiary alicyclic amines) is 1. The van der Waals surface area contributed by atoms with Crippen molar-refractivity contribution in [2.45, 2.75) is 38.4 Å². The van der Waals surface area contributed by atoms with E-state index in [1.165, 1.54) is 31.4 Å². The van der Waals surface area contributed by atoms with Crippen LogP contribution in [0.25, 0.3) is 0 Å². The molecule has 2 aromatic heterocycles. The molecular formula is C14H21N5. The standard InChI is InChI=1S/C14H21N5/c1-17-10-13(9-16-17)11-18-7-3-2-5-14(18)12-19-8-4-6-15-19/h4,6,8-10,14H,2-3,5,7,11-12H2,1H3. The van der Waals surface area contributed by atoms with Crippen molar-refractivity contribution in [2.75, 3.05) is 6.54 Å². The molecule has 1 aliphatic rings. The van der Waals surface area contributed by atoms with Crippen LogP contribution >= 0.6 is 0 Å². The predicted octanol–water partition coefficient (Wildman–Crippen LogP) is 1.67. The quantitative estimate of drug-likeness (QED) is 0.838. The molecule has 0 aromatic carbocycles. The van der Waals surface area contributed by atoms with Gasteiger partial charge in [0, 0.05) is 43.8 Å². The van der Waals surface area contributed by atoms with E-state index in [1.807, 2.05) is 34.9 Å². The highest BCUT2D eigenvalue weighted by Gasteiger charge is 2.23. The Hall–Kier alpha value is -1.62. The molecule has 1 saturated heterocycles. The molecule has 5 heteroatoms. The topological polar surface area (TPSA) is 38.9 Å². The Kier molecular flexibility index (Phi) is 3.64. The molecule has 0 spiro atoms. The number of nitrogens with zero attached hydrogens (tertiary/aromatic N) is 5. The molecule has 3 heterocycles. The molecule has 1 aliphatic heterocycles. The van der Waals surface area contributed by atoms with Gasteiger partial charge in [0.1, 0.15) is 0 Å². The van der Waals surface area contributed by atoms with Crippen LogP contribution in [0.5, 0.6) is 0 Å². The number of hydrogen-bond acceptors (Lipinski definition) is 3. The van der Waals surface area contributed by atoms with Crippen molar-refractivity contribution >= 4 is 0 Å². The van der Waals surface area contributed by atoms with Crippen LogP contribution in [0.4, 0.5) is 0 Å². The zero-order valence-electron chi connectivity index (χ0n) is 11.4. The van der Waals surface area contributed by atoms with E-state index < -0.39 is 0 Å². The van der Waals surface area contributed by atoms with Gasteiger partial charge in [-0.3, -0.25) is 14.3 Å². The van der Waals surface area contributed by atoms with Crippen molar-refractivity contribution in [1.29, 1.82) is 0 Å². The Labute approximate surface area is 113 Å². The Morgan fingerprint density at radius 3 is 3.00 bits per heavy atom. The highest BCUT2D eigenvalue weighted by molar-refractivity contribution is 5.04. The summed E-state index contributed by atoms with van der Waals surface area (Å²) in [6.07, 6.45) is 11.9. The van der Waals surface area contributed by atoms with Gasteiger partial charge in [-0.2, -0.15) is 10.2 Å². The minimum absolute atomic E-state index is 0.592. The summed E-state index contributed by atoms with van der Waals surface area (Å²) in [7, 11) is 1.97. The maximum absolute atomic E-state index is 4.33. The maximum Gasteiger partial charge on any atom is 0.0565 e. The van der Waals surface area contributed by atoms with E-state index in [0.29, 0.717) is 6.04 Å². The lowest BCUT2D eigenvalue weighted by atomic mass is 10.0. The van der Waals surface area contributed by atoms with Crippen LogP contribution in [0.15, 0.2) is 30.9 Å². The van der Waals surface area contributed by atoms with Crippen LogP contribution < -0.4 is 0 Å². The average Bonchev–Trinajstić information content (AvgIpc) is 3.04. The fraction of sp³-hybridized carbons (Fsp3) is 0.571. The summed E-state index contributed by atoms with van der Waals surface area (Å²) in [5, 5.41) is 8.58. The lowest BCUT2D eigenvalue weighted by molar-refractivity contribution is 0.122. The molecule has 0 bridgehead atoms. The second-order valence-electron chi connectivity index (χ2n) is 5.37. The van der Waals surface area contributed by atoms with Gasteiger partial charge in [-0.05, 0) is 25.5 Å². The monoisotopic (exact) mass is 259 g/mol. The summed E-state index contributed by atoms with van der Waals surface area (Å²) < 4.78 is 3.92. The van der Waals surface area contributed by atoms with Crippen molar-refractivity contribution in [1.82, 2.24) is 24.5 Å². The van der Waals surface area contributed by atoms with Gasteiger partial charge in [-0.25, -0.2) is 0 Å². The van der Waals surface area contributed by atoms with Gasteiger partial charge < -0.3 is 0 Å². The molecule has 0 N–H and O–H groups in total. The lowest BCUT2D eigenvalue weighted by Gasteiger charge is -2.35. The van der Waals surface area contributed by atoms with Gasteiger partial charge in [-0.1, -0.05) is 6.42 Å². The minimum atomic E-state index is 0.592. The van der Waals surface area contributed by atoms with Gasteiger partial charge in [0.05, 0.1) is 12.7 Å². The second-order valence-corrected chi connectivity index (χ2v) is 5.37. The van der Waals surface area contributed by atoms with Crippen LogP contribution in [-0.4, -0.2) is 37.0 Å². The predicted molar refractivity (Wildman–Crippen MR) is 73.5 cm³/mol. The van der Waals surface area contributed by atoms with E-state index in [-0.39, 0.29) is 0 Å². The minimum Gasteiger partial charge on any atom is -0.294 e. The van der Waals surface area contributed by atoms with Gasteiger partial charge >= 0.3 is 0 Å². The number of rotatable bonds is 4. The van der Waals surface area contributed by atoms with E-state index in [1.54, 1.807) is 0 Å². The Balaban J connectivity index is 1.66. The first-order valence-corrected chi connectivity index (χ1v) is 7.00. The summed E-state index contributed by atoms with van der Waals surface area (Å²) >= 11 is 0. The molecule has 0 saturated carbocycles. The molecule has 1 unspecified atom stereocenters. The number of hydrogen-bond donors (Lipinski definition) is 0. The molecule has 102 valence electrons. The third kappa shape index (κ3) is 3.04. The van der Waals surface area contributed by atoms with Crippen molar-refractivity contribution < 1.29 is 0 Å². The van der Waals surface area contributed by atoms with E-state index in [0.717, 1.165) is 13.1 Å². The largest absolute Gasteiger partial charge is 0.294 e. The fourth-order valence-electron chi connectivity index (χ4n) is 2.89. The van der Waals surface area contributed by atoms with E-state index in [4.69, 9.17) is 0 Å². The molecule has 3 rings (SSSR count). The van der Waals surface area contributed by atoms with Crippen molar-refractivity contribution in [3.63, 3.8) is 0 Å². The lowest BCUT2D eigenvalue weighted by Crippen LogP contribution is -2.41. The molecule has 0 amide bonds. The maximum atomic E-state index is 4.33. The van der Waals surface area contributed by atoms with Crippen molar-refractivity contribution in [3.8, 4) is 0 Å². The molecule has 0 radical (unpaired) electrons. The summed E-state index contributed by atoms with van der Waals surface area (Å²) in [4.78, 5) is 2.57. The van der Waals surface area contributed by atoms with Gasteiger partial charge in [0.25, 0.3) is 0 Å². The van der Waals surface area contributed by atoms with E-state index >= 15 is 0 Å². The zero-order valence-corrected chi connectivity index (χ0v) is 11.4. The zero-order chi connectivity index (χ0) is 13.1. The van der Waals surface area contributed by atoms with Gasteiger partial charge in [0.15, 0.2) is 0 Å². The highest BCUT2D eigenvalue weighted by atomic mass is 15.3. The Bertz CT molecular complexity index is 502. The van der Waals surface area contributed by atoms with Crippen LogP contribution in [0.1, 0.15) is 24.8 Å². The third-order valence-electron chi connectivity index (χ3n) is 3.85. The van der Waals surface area contributed by atoms with Gasteiger partial charge in [-0.15, -0.1) is 0 Å². The summed E-state index contributed by atoms with van der Waals surface area (Å²) in [6.45, 7) is 3.17. The highest BCUT2D eigenvalue weighted by Crippen LogP contribution is 2.20. The molecule has 0 aliphatic carbocycles. The molecule has 2 aromatic rings. The SMILES string of the molecule is Cn1cc(CN2CCCCC2Cn2cccn2)cn1. The second kappa shape index (κ2) is 5.57. The molecule has 1 fully saturated rings. The van der Waals surface area contributed by atoms with E-state index in [2.05, 4.69) is 27.5 Å². The molecule has 1 atom stereocenters. The van der Waals surface area contributed by atoms with Crippen LogP contribution in [0, 0.1) is 0 Å². The van der Waals surface area contributed by atoms with Crippen LogP contribution in [0.2, 0.25) is 0 Å². The summed E-state index contributed by atoms with van der Waals surface area (Å²) in [5.41, 5.74) is 1.30. The smallest absolute Gasteiger partial charge is 0.0565 e. The normalized spacial score (nSPS) is 20.8. The van der Waals surface area contributed by atoms with E-state index in [9.17, 15) is 0 Å². The summed E-state index contributed by atoms with van der Waals surface area (Å²) in [6, 6.07) is 2.59. The third-order valence-corrected chi connectivity index (χ3v) is 3.85. The molecule has 5 nitrogen and oxygen atoms in total. The van der Waals surface area contributed by atoms with Crippen LogP contribution in [0.3, 0.4) is 0 Å². The average molecular weight is 259 g/mol. The number of aromatic nitrogens is 4. The van der Waals surface area contributed by atoms with Gasteiger partial charge in [0.2, 0.25) is 0 Å². The Morgan fingerprint density at radius 1 is 1.32 bits per heavy atom. The summed E-state index contributed by atoms with van der Waals surface area (Å²) in [5.74, 6) is 0. The first kappa shape index (κ1) is 12.4. The molecule has 19 heavy (non-hydrogen) atoms. The van der Waals surface area contributed by atoms with Crippen LogP contribution in [-0.2, 0) is 20.1 Å². The Morgan fingerprint density at radius 2 is 2.26 bits per heavy atom. The number of aryl methyl sites for hydroxylation is 1. The fourth-order valence-corrected chi connectivity index (χ4v) is 2.89. The first-order chi connectivity index (χ1) is 9.31. The molecular weight excluding hydrogens is 238 g/mol. The van der Waals surface area contributed by atoms with Crippen molar-refractivity contribution in [3.05, 3.63) is 36.4 Å². The first-order valence-electron chi connectivity index (χ1n) is 7.00.